The normalized spacial score (nSPS) is 11.8. The smallest absolute Gasteiger partial charge is 0.405 e. The molecule has 5 nitrogen and oxygen atoms in total. The van der Waals surface area contributed by atoms with Crippen LogP contribution < -0.4 is 21.1 Å². The van der Waals surface area contributed by atoms with Gasteiger partial charge < -0.3 is 21.1 Å². The van der Waals surface area contributed by atoms with Gasteiger partial charge in [-0.1, -0.05) is 0 Å². The fraction of sp³-hybridized carbons (Fsp3) is 0.545. The highest BCUT2D eigenvalue weighted by molar-refractivity contribution is 7.19. The van der Waals surface area contributed by atoms with Crippen LogP contribution in [0, 0.1) is 0 Å². The van der Waals surface area contributed by atoms with E-state index in [-0.39, 0.29) is 27.4 Å². The lowest BCUT2D eigenvalue weighted by molar-refractivity contribution is -0.119. The van der Waals surface area contributed by atoms with Crippen LogP contribution in [0.1, 0.15) is 23.5 Å². The second-order valence-corrected chi connectivity index (χ2v) is 5.48. The number of amides is 1. The molecule has 0 atom stereocenters. The summed E-state index contributed by atoms with van der Waals surface area (Å²) in [6.45, 7) is 2.22. The van der Waals surface area contributed by atoms with Gasteiger partial charge >= 0.3 is 6.18 Å². The number of hydrogen-bond acceptors (Lipinski definition) is 5. The molecule has 1 heterocycles. The highest BCUT2D eigenvalue weighted by atomic mass is 32.1. The largest absolute Gasteiger partial charge is 0.486 e. The van der Waals surface area contributed by atoms with Gasteiger partial charge in [-0.25, -0.2) is 0 Å². The lowest BCUT2D eigenvalue weighted by atomic mass is 10.3. The van der Waals surface area contributed by atoms with E-state index >= 15 is 0 Å². The first-order valence-electron chi connectivity index (χ1n) is 5.69. The van der Waals surface area contributed by atoms with E-state index in [2.05, 4.69) is 0 Å². The molecule has 1 aromatic rings. The number of nitrogens with zero attached hydrogens (tertiary/aromatic N) is 1. The summed E-state index contributed by atoms with van der Waals surface area (Å²) < 4.78 is 42.8. The summed E-state index contributed by atoms with van der Waals surface area (Å²) in [5, 5.41) is 0.127. The average molecular weight is 311 g/mol. The number of anilines is 2. The number of nitrogen functional groups attached to an aromatic ring is 1. The minimum absolute atomic E-state index is 0.00956. The molecule has 0 aliphatic heterocycles. The van der Waals surface area contributed by atoms with Gasteiger partial charge in [-0.15, -0.1) is 11.3 Å². The molecule has 1 aromatic heterocycles. The van der Waals surface area contributed by atoms with E-state index in [9.17, 15) is 18.0 Å². The number of thiophene rings is 1. The van der Waals surface area contributed by atoms with Crippen LogP contribution in [-0.4, -0.2) is 31.8 Å². The van der Waals surface area contributed by atoms with E-state index in [1.165, 1.54) is 7.05 Å². The van der Waals surface area contributed by atoms with Crippen molar-refractivity contribution >= 4 is 27.9 Å². The minimum atomic E-state index is -4.38. The van der Waals surface area contributed by atoms with Crippen LogP contribution in [0.3, 0.4) is 0 Å². The molecule has 0 spiro atoms. The van der Waals surface area contributed by atoms with E-state index in [1.807, 2.05) is 0 Å². The number of rotatable bonds is 5. The van der Waals surface area contributed by atoms with E-state index in [0.29, 0.717) is 0 Å². The predicted octanol–water partition coefficient (Wildman–Crippen LogP) is 2.21. The Morgan fingerprint density at radius 3 is 2.40 bits per heavy atom. The summed E-state index contributed by atoms with van der Waals surface area (Å²) in [6, 6.07) is 0. The first-order chi connectivity index (χ1) is 9.03. The molecule has 9 heteroatoms. The van der Waals surface area contributed by atoms with Crippen molar-refractivity contribution in [3.8, 4) is 5.75 Å². The Labute approximate surface area is 118 Å². The van der Waals surface area contributed by atoms with Crippen LogP contribution in [0.5, 0.6) is 5.75 Å². The second kappa shape index (κ2) is 5.78. The van der Waals surface area contributed by atoms with Crippen LogP contribution in [0.15, 0.2) is 0 Å². The van der Waals surface area contributed by atoms with E-state index in [4.69, 9.17) is 16.2 Å². The third-order valence-corrected chi connectivity index (χ3v) is 3.54. The zero-order valence-corrected chi connectivity index (χ0v) is 12.1. The number of carbonyl (C=O) groups excluding carboxylic acids is 1. The standard InChI is InChI=1S/C11H16F3N3O2S/c1-5(2)19-7-6(15)8(9(16)18)20-10(7)17(3)4-11(12,13)14/h5H,4,15H2,1-3H3,(H2,16,18). The maximum atomic E-state index is 12.5. The number of halogens is 3. The molecule has 114 valence electrons. The first-order valence-corrected chi connectivity index (χ1v) is 6.51. The molecule has 0 radical (unpaired) electrons. The Balaban J connectivity index is 3.22. The summed E-state index contributed by atoms with van der Waals surface area (Å²) in [6.07, 6.45) is -4.68. The summed E-state index contributed by atoms with van der Waals surface area (Å²) in [7, 11) is 1.25. The predicted molar refractivity (Wildman–Crippen MR) is 72.3 cm³/mol. The van der Waals surface area contributed by atoms with Gasteiger partial charge in [0.2, 0.25) is 0 Å². The molecule has 20 heavy (non-hydrogen) atoms. The van der Waals surface area contributed by atoms with Gasteiger partial charge in [-0.05, 0) is 13.8 Å². The van der Waals surface area contributed by atoms with Crippen LogP contribution in [-0.2, 0) is 0 Å². The number of nitrogens with two attached hydrogens (primary N) is 2. The monoisotopic (exact) mass is 311 g/mol. The maximum Gasteiger partial charge on any atom is 0.405 e. The second-order valence-electron chi connectivity index (χ2n) is 4.48. The number of ether oxygens (including phenoxy) is 1. The molecule has 1 rings (SSSR count). The van der Waals surface area contributed by atoms with Crippen molar-refractivity contribution in [3.63, 3.8) is 0 Å². The topological polar surface area (TPSA) is 81.6 Å². The van der Waals surface area contributed by atoms with Gasteiger partial charge in [0, 0.05) is 7.05 Å². The van der Waals surface area contributed by atoms with Crippen LogP contribution in [0.2, 0.25) is 0 Å². The fourth-order valence-electron chi connectivity index (χ4n) is 1.54. The zero-order chi connectivity index (χ0) is 15.7. The van der Waals surface area contributed by atoms with Crippen molar-refractivity contribution < 1.29 is 22.7 Å². The Morgan fingerprint density at radius 1 is 1.45 bits per heavy atom. The average Bonchev–Trinajstić information content (AvgIpc) is 2.53. The van der Waals surface area contributed by atoms with Gasteiger partial charge in [0.15, 0.2) is 5.75 Å². The molecule has 1 amide bonds. The van der Waals surface area contributed by atoms with Gasteiger partial charge in [-0.3, -0.25) is 4.79 Å². The Hall–Kier alpha value is -1.64. The van der Waals surface area contributed by atoms with E-state index in [1.54, 1.807) is 13.8 Å². The Kier molecular flexibility index (Phi) is 4.74. The molecule has 0 aromatic carbocycles. The SMILES string of the molecule is CC(C)Oc1c(N(C)CC(F)(F)F)sc(C(N)=O)c1N. The van der Waals surface area contributed by atoms with Crippen molar-refractivity contribution in [1.82, 2.24) is 0 Å². The van der Waals surface area contributed by atoms with Gasteiger partial charge in [0.1, 0.15) is 22.1 Å². The fourth-order valence-corrected chi connectivity index (χ4v) is 2.51. The molecule has 0 fully saturated rings. The van der Waals surface area contributed by atoms with E-state index < -0.39 is 18.6 Å². The molecule has 0 unspecified atom stereocenters. The first kappa shape index (κ1) is 16.4. The number of alkyl halides is 3. The molecule has 0 saturated heterocycles. The Bertz CT molecular complexity index is 500. The zero-order valence-electron chi connectivity index (χ0n) is 11.2. The number of carbonyl (C=O) groups is 1. The lowest BCUT2D eigenvalue weighted by Crippen LogP contribution is -2.30. The van der Waals surface area contributed by atoms with Crippen LogP contribution in [0.4, 0.5) is 23.9 Å². The van der Waals surface area contributed by atoms with Gasteiger partial charge in [0.05, 0.1) is 6.10 Å². The third kappa shape index (κ3) is 3.92. The summed E-state index contributed by atoms with van der Waals surface area (Å²) in [5.41, 5.74) is 10.9. The number of hydrogen-bond donors (Lipinski definition) is 2. The highest BCUT2D eigenvalue weighted by Gasteiger charge is 2.32. The van der Waals surface area contributed by atoms with Crippen molar-refractivity contribution in [1.29, 1.82) is 0 Å². The van der Waals surface area contributed by atoms with Crippen molar-refractivity contribution in [2.45, 2.75) is 26.1 Å². The summed E-state index contributed by atoms with van der Waals surface area (Å²) in [4.78, 5) is 12.2. The third-order valence-electron chi connectivity index (χ3n) is 2.22. The molecule has 0 aliphatic rings. The van der Waals surface area contributed by atoms with Crippen molar-refractivity contribution in [2.24, 2.45) is 5.73 Å². The minimum Gasteiger partial charge on any atom is -0.486 e. The quantitative estimate of drug-likeness (QED) is 0.873. The number of primary amides is 1. The Morgan fingerprint density at radius 2 is 2.00 bits per heavy atom. The van der Waals surface area contributed by atoms with Gasteiger partial charge in [-0.2, -0.15) is 13.2 Å². The molecule has 0 aliphatic carbocycles. The molecule has 0 saturated carbocycles. The summed E-state index contributed by atoms with van der Waals surface area (Å²) in [5.74, 6) is -0.738. The molecular weight excluding hydrogens is 295 g/mol. The molecule has 0 bridgehead atoms. The lowest BCUT2D eigenvalue weighted by Gasteiger charge is -2.21. The van der Waals surface area contributed by atoms with Crippen molar-refractivity contribution in [2.75, 3.05) is 24.2 Å². The van der Waals surface area contributed by atoms with Crippen LogP contribution in [0.25, 0.3) is 0 Å². The van der Waals surface area contributed by atoms with Crippen LogP contribution >= 0.6 is 11.3 Å². The van der Waals surface area contributed by atoms with Gasteiger partial charge in [0.25, 0.3) is 5.91 Å². The highest BCUT2D eigenvalue weighted by Crippen LogP contribution is 2.45. The molecule has 4 N–H and O–H groups in total. The summed E-state index contributed by atoms with van der Waals surface area (Å²) >= 11 is 0.786. The molecular formula is C11H16F3N3O2S. The van der Waals surface area contributed by atoms with E-state index in [0.717, 1.165) is 16.2 Å². The van der Waals surface area contributed by atoms with Crippen molar-refractivity contribution in [3.05, 3.63) is 4.88 Å². The maximum absolute atomic E-state index is 12.5.